The number of pyridine rings is 1. The Morgan fingerprint density at radius 3 is 1.78 bits per heavy atom. The van der Waals surface area contributed by atoms with Crippen LogP contribution in [0.3, 0.4) is 0 Å². The van der Waals surface area contributed by atoms with Crippen LogP contribution in [0.4, 0.5) is 0 Å². The zero-order valence-electron chi connectivity index (χ0n) is 3.94. The van der Waals surface area contributed by atoms with Gasteiger partial charge in [0.15, 0.2) is 0 Å². The Morgan fingerprint density at radius 1 is 1.11 bits per heavy atom. The summed E-state index contributed by atoms with van der Waals surface area (Å²) >= 11 is 11.0. The van der Waals surface area contributed by atoms with Crippen LogP contribution in [-0.4, -0.2) is 34.5 Å². The Morgan fingerprint density at radius 2 is 1.56 bits per heavy atom. The first-order valence-corrected chi connectivity index (χ1v) is 2.80. The molecule has 0 aliphatic heterocycles. The molecule has 0 unspecified atom stereocenters. The van der Waals surface area contributed by atoms with Gasteiger partial charge >= 0.3 is 29.6 Å². The fourth-order valence-electron chi connectivity index (χ4n) is 0.386. The number of aromatic nitrogens is 1. The second-order valence-electron chi connectivity index (χ2n) is 1.32. The molecule has 44 valence electrons. The van der Waals surface area contributed by atoms with E-state index >= 15 is 0 Å². The number of halogens is 2. The van der Waals surface area contributed by atoms with Crippen LogP contribution in [0.1, 0.15) is 0 Å². The van der Waals surface area contributed by atoms with Crippen molar-refractivity contribution >= 4 is 52.8 Å². The molecule has 0 N–H and O–H groups in total. The van der Waals surface area contributed by atoms with E-state index < -0.39 is 0 Å². The molecule has 0 spiro atoms. The van der Waals surface area contributed by atoms with Gasteiger partial charge in [0.25, 0.3) is 0 Å². The van der Waals surface area contributed by atoms with E-state index in [1.807, 2.05) is 0 Å². The van der Waals surface area contributed by atoms with Gasteiger partial charge < -0.3 is 0 Å². The van der Waals surface area contributed by atoms with Crippen molar-refractivity contribution in [2.75, 3.05) is 0 Å². The molecule has 1 aromatic heterocycles. The summed E-state index contributed by atoms with van der Waals surface area (Å²) in [4.78, 5) is 3.72. The van der Waals surface area contributed by atoms with Crippen molar-refractivity contribution in [1.29, 1.82) is 0 Å². The molecule has 0 amide bonds. The molecule has 4 heteroatoms. The van der Waals surface area contributed by atoms with Gasteiger partial charge in [0, 0.05) is 12.4 Å². The Kier molecular flexibility index (Phi) is 4.90. The predicted molar refractivity (Wildman–Crippen MR) is 41.4 cm³/mol. The maximum absolute atomic E-state index is 5.50. The Balaban J connectivity index is 0.000000640. The quantitative estimate of drug-likeness (QED) is 0.543. The summed E-state index contributed by atoms with van der Waals surface area (Å²) in [5, 5.41) is 1.13. The number of nitrogens with zero attached hydrogens (tertiary/aromatic N) is 1. The van der Waals surface area contributed by atoms with Gasteiger partial charge in [-0.2, -0.15) is 0 Å². The SMILES string of the molecule is Clc1cncc(Cl)c1.[NaH]. The second kappa shape index (κ2) is 4.53. The summed E-state index contributed by atoms with van der Waals surface area (Å²) in [5.41, 5.74) is 0. The first-order chi connectivity index (χ1) is 3.79. The van der Waals surface area contributed by atoms with E-state index in [0.29, 0.717) is 10.0 Å². The molecule has 0 fully saturated rings. The molecule has 0 saturated carbocycles. The van der Waals surface area contributed by atoms with E-state index in [-0.39, 0.29) is 29.6 Å². The first-order valence-electron chi connectivity index (χ1n) is 2.05. The van der Waals surface area contributed by atoms with Gasteiger partial charge in [-0.25, -0.2) is 0 Å². The van der Waals surface area contributed by atoms with Crippen LogP contribution in [0.5, 0.6) is 0 Å². The van der Waals surface area contributed by atoms with E-state index in [4.69, 9.17) is 23.2 Å². The summed E-state index contributed by atoms with van der Waals surface area (Å²) < 4.78 is 0. The Hall–Kier alpha value is 0.730. The van der Waals surface area contributed by atoms with Crippen molar-refractivity contribution in [3.05, 3.63) is 28.5 Å². The molecule has 1 heterocycles. The number of hydrogen-bond donors (Lipinski definition) is 0. The molecular weight excluding hydrogens is 168 g/mol. The van der Waals surface area contributed by atoms with Crippen LogP contribution in [0.15, 0.2) is 18.5 Å². The van der Waals surface area contributed by atoms with Crippen molar-refractivity contribution in [2.24, 2.45) is 0 Å². The first kappa shape index (κ1) is 9.73. The van der Waals surface area contributed by atoms with Crippen molar-refractivity contribution in [1.82, 2.24) is 4.98 Å². The molecule has 0 aromatic carbocycles. The van der Waals surface area contributed by atoms with Crippen LogP contribution in [0, 0.1) is 0 Å². The van der Waals surface area contributed by atoms with Gasteiger partial charge in [0.05, 0.1) is 10.0 Å². The van der Waals surface area contributed by atoms with E-state index in [2.05, 4.69) is 4.98 Å². The fourth-order valence-corrected chi connectivity index (χ4v) is 0.790. The molecule has 9 heavy (non-hydrogen) atoms. The molecule has 0 atom stereocenters. The third-order valence-corrected chi connectivity index (χ3v) is 1.08. The third-order valence-electron chi connectivity index (χ3n) is 0.672. The maximum atomic E-state index is 5.50. The van der Waals surface area contributed by atoms with Crippen molar-refractivity contribution in [3.8, 4) is 0 Å². The molecule has 1 rings (SSSR count). The minimum atomic E-state index is 0. The zero-order valence-corrected chi connectivity index (χ0v) is 5.45. The Labute approximate surface area is 85.7 Å². The van der Waals surface area contributed by atoms with Gasteiger partial charge in [-0.15, -0.1) is 0 Å². The van der Waals surface area contributed by atoms with Crippen LogP contribution in [0.2, 0.25) is 10.0 Å². The minimum absolute atomic E-state index is 0. The van der Waals surface area contributed by atoms with Crippen LogP contribution < -0.4 is 0 Å². The van der Waals surface area contributed by atoms with Crippen LogP contribution in [0.25, 0.3) is 0 Å². The van der Waals surface area contributed by atoms with Crippen molar-refractivity contribution < 1.29 is 0 Å². The van der Waals surface area contributed by atoms with Gasteiger partial charge in [-0.05, 0) is 6.07 Å². The van der Waals surface area contributed by atoms with E-state index in [0.717, 1.165) is 0 Å². The number of rotatable bonds is 0. The average molecular weight is 172 g/mol. The summed E-state index contributed by atoms with van der Waals surface area (Å²) in [6.45, 7) is 0. The fraction of sp³-hybridized carbons (Fsp3) is 0. The van der Waals surface area contributed by atoms with Gasteiger partial charge in [0.1, 0.15) is 0 Å². The monoisotopic (exact) mass is 171 g/mol. The summed E-state index contributed by atoms with van der Waals surface area (Å²) in [6.07, 6.45) is 3.07. The molecular formula is C5H4Cl2NNa. The predicted octanol–water partition coefficient (Wildman–Crippen LogP) is 1.74. The number of hydrogen-bond acceptors (Lipinski definition) is 1. The van der Waals surface area contributed by atoms with E-state index in [1.165, 1.54) is 12.4 Å². The molecule has 1 aromatic rings. The molecule has 0 bridgehead atoms. The Bertz CT molecular complexity index is 175. The van der Waals surface area contributed by atoms with Gasteiger partial charge in [-0.1, -0.05) is 23.2 Å². The third kappa shape index (κ3) is 3.43. The van der Waals surface area contributed by atoms with E-state index in [9.17, 15) is 0 Å². The van der Waals surface area contributed by atoms with Crippen LogP contribution >= 0.6 is 23.2 Å². The zero-order chi connectivity index (χ0) is 5.98. The van der Waals surface area contributed by atoms with Crippen molar-refractivity contribution in [2.45, 2.75) is 0 Å². The van der Waals surface area contributed by atoms with Crippen molar-refractivity contribution in [3.63, 3.8) is 0 Å². The molecule has 1 nitrogen and oxygen atoms in total. The second-order valence-corrected chi connectivity index (χ2v) is 2.19. The molecule has 0 radical (unpaired) electrons. The standard InChI is InChI=1S/C5H3Cl2N.Na.H/c6-4-1-5(7)3-8-2-4;;/h1-3H;;. The normalized spacial score (nSPS) is 8.22. The van der Waals surface area contributed by atoms with E-state index in [1.54, 1.807) is 6.07 Å². The topological polar surface area (TPSA) is 12.9 Å². The average Bonchev–Trinajstić information content (AvgIpc) is 1.64. The van der Waals surface area contributed by atoms with Crippen LogP contribution in [-0.2, 0) is 0 Å². The summed E-state index contributed by atoms with van der Waals surface area (Å²) in [6, 6.07) is 1.64. The molecule has 0 saturated heterocycles. The summed E-state index contributed by atoms with van der Waals surface area (Å²) in [5.74, 6) is 0. The summed E-state index contributed by atoms with van der Waals surface area (Å²) in [7, 11) is 0. The van der Waals surface area contributed by atoms with Gasteiger partial charge in [-0.3, -0.25) is 4.98 Å². The molecule has 0 aliphatic rings. The van der Waals surface area contributed by atoms with Gasteiger partial charge in [0.2, 0.25) is 0 Å². The molecule has 0 aliphatic carbocycles.